The fraction of sp³-hybridized carbons (Fsp3) is 0.238. The summed E-state index contributed by atoms with van der Waals surface area (Å²) in [5.74, 6) is 1.74. The number of aromatic amines is 1. The van der Waals surface area contributed by atoms with E-state index < -0.39 is 6.29 Å². The third-order valence-electron chi connectivity index (χ3n) is 4.70. The summed E-state index contributed by atoms with van der Waals surface area (Å²) in [6, 6.07) is 11.3. The van der Waals surface area contributed by atoms with E-state index in [9.17, 15) is 0 Å². The summed E-state index contributed by atoms with van der Waals surface area (Å²) in [5.41, 5.74) is 4.68. The number of rotatable bonds is 5. The largest absolute Gasteiger partial charge is 0.493 e. The number of nitrogens with one attached hydrogen (secondary N) is 2. The molecule has 0 amide bonds. The maximum atomic E-state index is 6.52. The van der Waals surface area contributed by atoms with Gasteiger partial charge in [-0.25, -0.2) is 4.99 Å². The number of methoxy groups -OCH3 is 2. The number of nitrogens with zero attached hydrogens (tertiary/aromatic N) is 2. The quantitative estimate of drug-likeness (QED) is 0.452. The van der Waals surface area contributed by atoms with Crippen LogP contribution in [0, 0.1) is 6.92 Å². The Morgan fingerprint density at radius 1 is 1.07 bits per heavy atom. The van der Waals surface area contributed by atoms with Crippen molar-refractivity contribution < 1.29 is 14.2 Å². The summed E-state index contributed by atoms with van der Waals surface area (Å²) in [5, 5.41) is 11.3. The first-order valence-electron chi connectivity index (χ1n) is 9.09. The number of H-pyrrole nitrogens is 1. The van der Waals surface area contributed by atoms with Crippen LogP contribution in [0.1, 0.15) is 23.7 Å². The fourth-order valence-electron chi connectivity index (χ4n) is 3.14. The molecule has 0 fully saturated rings. The van der Waals surface area contributed by atoms with Crippen molar-refractivity contribution in [3.8, 4) is 11.5 Å². The minimum atomic E-state index is -0.445. The number of aryl methyl sites for hydroxylation is 1. The second-order valence-electron chi connectivity index (χ2n) is 6.58. The second-order valence-corrected chi connectivity index (χ2v) is 6.99. The van der Waals surface area contributed by atoms with Crippen LogP contribution in [0.2, 0.25) is 5.02 Å². The van der Waals surface area contributed by atoms with E-state index in [0.29, 0.717) is 28.1 Å². The number of anilines is 2. The van der Waals surface area contributed by atoms with Crippen LogP contribution in [-0.2, 0) is 4.74 Å². The Hall–Kier alpha value is -3.03. The van der Waals surface area contributed by atoms with E-state index in [0.717, 1.165) is 28.2 Å². The van der Waals surface area contributed by atoms with Crippen molar-refractivity contribution in [2.75, 3.05) is 19.5 Å². The van der Waals surface area contributed by atoms with Crippen LogP contribution in [0.5, 0.6) is 11.5 Å². The predicted molar refractivity (Wildman–Crippen MR) is 113 cm³/mol. The molecule has 2 aromatic carbocycles. The smallest absolute Gasteiger partial charge is 0.196 e. The number of fused-ring (bicyclic) bond motifs is 2. The maximum Gasteiger partial charge on any atom is 0.196 e. The van der Waals surface area contributed by atoms with Crippen molar-refractivity contribution in [1.82, 2.24) is 10.2 Å². The number of hydrogen-bond donors (Lipinski definition) is 2. The molecule has 0 bridgehead atoms. The number of benzene rings is 2. The van der Waals surface area contributed by atoms with Gasteiger partial charge in [0.1, 0.15) is 5.69 Å². The van der Waals surface area contributed by atoms with E-state index in [1.807, 2.05) is 50.2 Å². The van der Waals surface area contributed by atoms with Crippen LogP contribution in [0.4, 0.5) is 17.2 Å². The van der Waals surface area contributed by atoms with Crippen molar-refractivity contribution in [2.45, 2.75) is 20.1 Å². The van der Waals surface area contributed by atoms with E-state index >= 15 is 0 Å². The normalized spacial score (nSPS) is 13.5. The first-order chi connectivity index (χ1) is 14.0. The average Bonchev–Trinajstić information content (AvgIpc) is 2.97. The summed E-state index contributed by atoms with van der Waals surface area (Å²) in [7, 11) is 3.18. The third-order valence-corrected chi connectivity index (χ3v) is 5.03. The van der Waals surface area contributed by atoms with Gasteiger partial charge < -0.3 is 19.5 Å². The van der Waals surface area contributed by atoms with Gasteiger partial charge in [-0.1, -0.05) is 29.8 Å². The average molecular weight is 413 g/mol. The monoisotopic (exact) mass is 412 g/mol. The molecule has 1 aliphatic rings. The van der Waals surface area contributed by atoms with Gasteiger partial charge in [-0.3, -0.25) is 5.10 Å². The van der Waals surface area contributed by atoms with Crippen LogP contribution >= 0.6 is 11.6 Å². The van der Waals surface area contributed by atoms with E-state index in [1.165, 1.54) is 0 Å². The Morgan fingerprint density at radius 3 is 2.59 bits per heavy atom. The second kappa shape index (κ2) is 7.77. The van der Waals surface area contributed by atoms with E-state index in [1.54, 1.807) is 14.2 Å². The Bertz CT molecular complexity index is 1090. The van der Waals surface area contributed by atoms with Gasteiger partial charge in [0.2, 0.25) is 0 Å². The molecule has 0 saturated carbocycles. The van der Waals surface area contributed by atoms with Gasteiger partial charge in [0.15, 0.2) is 23.6 Å². The molecule has 29 heavy (non-hydrogen) atoms. The number of aromatic nitrogens is 2. The lowest BCUT2D eigenvalue weighted by molar-refractivity contribution is -0.0395. The Kier molecular flexibility index (Phi) is 5.17. The molecule has 4 rings (SSSR count). The minimum absolute atomic E-state index is 0.445. The van der Waals surface area contributed by atoms with E-state index in [-0.39, 0.29) is 0 Å². The van der Waals surface area contributed by atoms with Gasteiger partial charge in [-0.2, -0.15) is 5.10 Å². The zero-order valence-corrected chi connectivity index (χ0v) is 17.3. The molecule has 8 heteroatoms. The lowest BCUT2D eigenvalue weighted by Gasteiger charge is -2.19. The SMILES string of the molecule is COc1cc2c(cc1OC(C)OC)C(c1ccccc1Cl)=Nc1c(n[nH]c1C)N2. The lowest BCUT2D eigenvalue weighted by Crippen LogP contribution is -2.15. The molecule has 2 N–H and O–H groups in total. The molecule has 150 valence electrons. The van der Waals surface area contributed by atoms with Gasteiger partial charge >= 0.3 is 0 Å². The van der Waals surface area contributed by atoms with Crippen LogP contribution < -0.4 is 14.8 Å². The molecule has 2 heterocycles. The predicted octanol–water partition coefficient (Wildman–Crippen LogP) is 4.98. The van der Waals surface area contributed by atoms with Gasteiger partial charge in [0, 0.05) is 29.3 Å². The van der Waals surface area contributed by atoms with Gasteiger partial charge in [-0.05, 0) is 26.0 Å². The number of halogens is 1. The number of hydrogen-bond acceptors (Lipinski definition) is 6. The first-order valence-corrected chi connectivity index (χ1v) is 9.47. The van der Waals surface area contributed by atoms with Crippen molar-refractivity contribution in [3.63, 3.8) is 0 Å². The van der Waals surface area contributed by atoms with E-state index in [2.05, 4.69) is 15.5 Å². The third kappa shape index (κ3) is 3.54. The number of ether oxygens (including phenoxy) is 3. The molecule has 0 radical (unpaired) electrons. The molecule has 1 atom stereocenters. The van der Waals surface area contributed by atoms with Gasteiger partial charge in [0.05, 0.1) is 24.2 Å². The highest BCUT2D eigenvalue weighted by molar-refractivity contribution is 6.36. The molecule has 1 aliphatic heterocycles. The molecule has 7 nitrogen and oxygen atoms in total. The Morgan fingerprint density at radius 2 is 1.86 bits per heavy atom. The van der Waals surface area contributed by atoms with Crippen molar-refractivity contribution in [1.29, 1.82) is 0 Å². The highest BCUT2D eigenvalue weighted by Gasteiger charge is 2.25. The molecular weight excluding hydrogens is 392 g/mol. The summed E-state index contributed by atoms with van der Waals surface area (Å²) < 4.78 is 16.7. The Labute approximate surface area is 173 Å². The molecule has 1 unspecified atom stereocenters. The zero-order chi connectivity index (χ0) is 20.5. The minimum Gasteiger partial charge on any atom is -0.493 e. The molecule has 0 aliphatic carbocycles. The fourth-order valence-corrected chi connectivity index (χ4v) is 3.37. The van der Waals surface area contributed by atoms with Crippen LogP contribution in [0.3, 0.4) is 0 Å². The summed E-state index contributed by atoms with van der Waals surface area (Å²) in [6.45, 7) is 3.73. The standard InChI is InChI=1S/C21H21ClN4O3/c1-11-19-21(26-25-11)23-16-10-17(28-4)18(29-12(2)27-3)9-14(16)20(24-19)13-7-5-6-8-15(13)22/h5-10,12H,1-4H3,(H2,23,25,26). The molecule has 1 aromatic heterocycles. The first kappa shape index (κ1) is 19.3. The van der Waals surface area contributed by atoms with Gasteiger partial charge in [-0.15, -0.1) is 0 Å². The Balaban J connectivity index is 1.97. The van der Waals surface area contributed by atoms with Crippen LogP contribution in [-0.4, -0.2) is 36.4 Å². The van der Waals surface area contributed by atoms with Crippen molar-refractivity contribution >= 4 is 34.5 Å². The maximum absolute atomic E-state index is 6.52. The summed E-state index contributed by atoms with van der Waals surface area (Å²) in [4.78, 5) is 4.92. The highest BCUT2D eigenvalue weighted by Crippen LogP contribution is 2.42. The van der Waals surface area contributed by atoms with Gasteiger partial charge in [0.25, 0.3) is 0 Å². The van der Waals surface area contributed by atoms with Crippen molar-refractivity contribution in [3.05, 3.63) is 58.2 Å². The van der Waals surface area contributed by atoms with E-state index in [4.69, 9.17) is 30.8 Å². The van der Waals surface area contributed by atoms with Crippen LogP contribution in [0.15, 0.2) is 41.4 Å². The number of aliphatic imine (C=N–C) groups is 1. The molecule has 0 saturated heterocycles. The topological polar surface area (TPSA) is 80.8 Å². The van der Waals surface area contributed by atoms with Crippen molar-refractivity contribution in [2.24, 2.45) is 4.99 Å². The lowest BCUT2D eigenvalue weighted by atomic mass is 9.99. The summed E-state index contributed by atoms with van der Waals surface area (Å²) >= 11 is 6.52. The summed E-state index contributed by atoms with van der Waals surface area (Å²) in [6.07, 6.45) is -0.445. The van der Waals surface area contributed by atoms with Crippen LogP contribution in [0.25, 0.3) is 0 Å². The molecule has 0 spiro atoms. The molecular formula is C21H21ClN4O3. The zero-order valence-electron chi connectivity index (χ0n) is 16.5. The highest BCUT2D eigenvalue weighted by atomic mass is 35.5. The molecule has 3 aromatic rings.